The number of unbranched alkanes of at least 4 members (excludes halogenated alkanes) is 2. The van der Waals surface area contributed by atoms with E-state index in [1.165, 1.54) is 19.3 Å². The Morgan fingerprint density at radius 2 is 2.15 bits per heavy atom. The zero-order valence-electron chi connectivity index (χ0n) is 12.3. The fourth-order valence-electron chi connectivity index (χ4n) is 1.72. The van der Waals surface area contributed by atoms with Crippen molar-refractivity contribution >= 4 is 29.0 Å². The maximum Gasteiger partial charge on any atom is 0.225 e. The van der Waals surface area contributed by atoms with Crippen LogP contribution in [-0.4, -0.2) is 24.5 Å². The van der Waals surface area contributed by atoms with Crippen molar-refractivity contribution in [3.63, 3.8) is 0 Å². The first-order chi connectivity index (χ1) is 9.67. The van der Waals surface area contributed by atoms with Crippen LogP contribution in [0.2, 0.25) is 0 Å². The zero-order chi connectivity index (χ0) is 14.8. The second-order valence-corrected chi connectivity index (χ2v) is 5.80. The smallest absolute Gasteiger partial charge is 0.225 e. The molecule has 112 valence electrons. The fraction of sp³-hybridized carbons (Fsp3) is 0.533. The predicted octanol–water partition coefficient (Wildman–Crippen LogP) is 3.53. The van der Waals surface area contributed by atoms with Crippen LogP contribution in [0.3, 0.4) is 0 Å². The van der Waals surface area contributed by atoms with E-state index in [0.29, 0.717) is 23.5 Å². The molecule has 1 aromatic rings. The molecule has 4 nitrogen and oxygen atoms in total. The van der Waals surface area contributed by atoms with Gasteiger partial charge >= 0.3 is 0 Å². The van der Waals surface area contributed by atoms with Gasteiger partial charge in [-0.1, -0.05) is 19.8 Å². The molecule has 0 spiro atoms. The van der Waals surface area contributed by atoms with Gasteiger partial charge in [-0.3, -0.25) is 4.79 Å². The zero-order valence-corrected chi connectivity index (χ0v) is 13.1. The summed E-state index contributed by atoms with van der Waals surface area (Å²) < 4.78 is 5.07. The average molecular weight is 296 g/mol. The van der Waals surface area contributed by atoms with Gasteiger partial charge in [0.15, 0.2) is 0 Å². The van der Waals surface area contributed by atoms with E-state index in [2.05, 4.69) is 12.2 Å². The van der Waals surface area contributed by atoms with Crippen molar-refractivity contribution in [3.8, 4) is 5.75 Å². The highest BCUT2D eigenvalue weighted by molar-refractivity contribution is 7.99. The largest absolute Gasteiger partial charge is 0.497 e. The second kappa shape index (κ2) is 9.53. The second-order valence-electron chi connectivity index (χ2n) is 4.57. The molecule has 1 amide bonds. The molecule has 0 radical (unpaired) electrons. The van der Waals surface area contributed by atoms with E-state index in [9.17, 15) is 4.79 Å². The van der Waals surface area contributed by atoms with E-state index in [1.54, 1.807) is 25.3 Å². The van der Waals surface area contributed by atoms with Gasteiger partial charge in [0.05, 0.1) is 18.5 Å². The van der Waals surface area contributed by atoms with E-state index in [-0.39, 0.29) is 5.91 Å². The SMILES string of the molecule is CCCCCSCCC(=O)Nc1ccc(OC)cc1N. The highest BCUT2D eigenvalue weighted by Crippen LogP contribution is 2.24. The molecule has 20 heavy (non-hydrogen) atoms. The minimum Gasteiger partial charge on any atom is -0.497 e. The number of benzene rings is 1. The Morgan fingerprint density at radius 3 is 2.80 bits per heavy atom. The molecule has 0 heterocycles. The van der Waals surface area contributed by atoms with Crippen LogP contribution in [-0.2, 0) is 4.79 Å². The quantitative estimate of drug-likeness (QED) is 0.540. The average Bonchev–Trinajstić information content (AvgIpc) is 2.45. The summed E-state index contributed by atoms with van der Waals surface area (Å²) in [4.78, 5) is 11.8. The van der Waals surface area contributed by atoms with Gasteiger partial charge in [0.2, 0.25) is 5.91 Å². The third-order valence-electron chi connectivity index (χ3n) is 2.90. The maximum atomic E-state index is 11.8. The van der Waals surface area contributed by atoms with Crippen molar-refractivity contribution in [3.05, 3.63) is 18.2 Å². The Hall–Kier alpha value is -1.36. The lowest BCUT2D eigenvalue weighted by molar-refractivity contribution is -0.115. The number of thioether (sulfide) groups is 1. The molecule has 0 fully saturated rings. The number of hydrogen-bond donors (Lipinski definition) is 2. The number of carbonyl (C=O) groups excluding carboxylic acids is 1. The summed E-state index contributed by atoms with van der Waals surface area (Å²) in [5.41, 5.74) is 7.02. The van der Waals surface area contributed by atoms with Crippen LogP contribution in [0.5, 0.6) is 5.75 Å². The van der Waals surface area contributed by atoms with E-state index in [0.717, 1.165) is 11.5 Å². The van der Waals surface area contributed by atoms with Crippen molar-refractivity contribution < 1.29 is 9.53 Å². The van der Waals surface area contributed by atoms with Gasteiger partial charge in [-0.15, -0.1) is 0 Å². The minimum atomic E-state index is 0.00450. The molecular weight excluding hydrogens is 272 g/mol. The van der Waals surface area contributed by atoms with Gasteiger partial charge in [0, 0.05) is 18.2 Å². The van der Waals surface area contributed by atoms with Gasteiger partial charge in [0.1, 0.15) is 5.75 Å². The van der Waals surface area contributed by atoms with Crippen molar-refractivity contribution in [1.82, 2.24) is 0 Å². The number of methoxy groups -OCH3 is 1. The molecule has 0 aliphatic rings. The summed E-state index contributed by atoms with van der Waals surface area (Å²) in [5, 5.41) is 2.83. The molecule has 1 aromatic carbocycles. The molecule has 0 saturated carbocycles. The summed E-state index contributed by atoms with van der Waals surface area (Å²) in [5.74, 6) is 2.68. The maximum absolute atomic E-state index is 11.8. The first-order valence-corrected chi connectivity index (χ1v) is 8.14. The van der Waals surface area contributed by atoms with Crippen LogP contribution in [0.1, 0.15) is 32.6 Å². The number of hydrogen-bond acceptors (Lipinski definition) is 4. The Morgan fingerprint density at radius 1 is 1.35 bits per heavy atom. The molecular formula is C15H24N2O2S. The Kier molecular flexibility index (Phi) is 7.95. The Balaban J connectivity index is 2.28. The van der Waals surface area contributed by atoms with Crippen LogP contribution in [0.25, 0.3) is 0 Å². The minimum absolute atomic E-state index is 0.00450. The lowest BCUT2D eigenvalue weighted by atomic mass is 10.2. The van der Waals surface area contributed by atoms with Gasteiger partial charge in [-0.25, -0.2) is 0 Å². The van der Waals surface area contributed by atoms with Gasteiger partial charge in [-0.2, -0.15) is 11.8 Å². The van der Waals surface area contributed by atoms with Crippen LogP contribution >= 0.6 is 11.8 Å². The van der Waals surface area contributed by atoms with Crippen molar-refractivity contribution in [2.24, 2.45) is 0 Å². The van der Waals surface area contributed by atoms with Gasteiger partial charge < -0.3 is 15.8 Å². The summed E-state index contributed by atoms with van der Waals surface area (Å²) in [6, 6.07) is 5.25. The van der Waals surface area contributed by atoms with Crippen LogP contribution < -0.4 is 15.8 Å². The fourth-order valence-corrected chi connectivity index (χ4v) is 2.66. The lowest BCUT2D eigenvalue weighted by Crippen LogP contribution is -2.13. The van der Waals surface area contributed by atoms with Gasteiger partial charge in [-0.05, 0) is 24.3 Å². The number of nitrogens with two attached hydrogens (primary N) is 1. The van der Waals surface area contributed by atoms with Crippen molar-refractivity contribution in [1.29, 1.82) is 0 Å². The molecule has 1 rings (SSSR count). The van der Waals surface area contributed by atoms with E-state index >= 15 is 0 Å². The standard InChI is InChI=1S/C15H24N2O2S/c1-3-4-5-9-20-10-8-15(18)17-14-7-6-12(19-2)11-13(14)16/h6-7,11H,3-5,8-10,16H2,1-2H3,(H,17,18). The van der Waals surface area contributed by atoms with Crippen LogP contribution in [0.4, 0.5) is 11.4 Å². The summed E-state index contributed by atoms with van der Waals surface area (Å²) in [7, 11) is 1.59. The van der Waals surface area contributed by atoms with E-state index < -0.39 is 0 Å². The number of carbonyl (C=O) groups is 1. The van der Waals surface area contributed by atoms with E-state index in [4.69, 9.17) is 10.5 Å². The van der Waals surface area contributed by atoms with Crippen molar-refractivity contribution in [2.45, 2.75) is 32.6 Å². The normalized spacial score (nSPS) is 10.3. The first kappa shape index (κ1) is 16.7. The highest BCUT2D eigenvalue weighted by atomic mass is 32.2. The molecule has 0 aromatic heterocycles. The predicted molar refractivity (Wildman–Crippen MR) is 87.5 cm³/mol. The highest BCUT2D eigenvalue weighted by Gasteiger charge is 2.06. The number of nitrogens with one attached hydrogen (secondary N) is 1. The van der Waals surface area contributed by atoms with Gasteiger partial charge in [0.25, 0.3) is 0 Å². The number of amides is 1. The van der Waals surface area contributed by atoms with Crippen molar-refractivity contribution in [2.75, 3.05) is 29.7 Å². The molecule has 0 aliphatic carbocycles. The van der Waals surface area contributed by atoms with Crippen LogP contribution in [0, 0.1) is 0 Å². The summed E-state index contributed by atoms with van der Waals surface area (Å²) in [6.07, 6.45) is 4.25. The number of rotatable bonds is 9. The lowest BCUT2D eigenvalue weighted by Gasteiger charge is -2.09. The molecule has 5 heteroatoms. The Labute approximate surface area is 125 Å². The first-order valence-electron chi connectivity index (χ1n) is 6.98. The monoisotopic (exact) mass is 296 g/mol. The summed E-state index contributed by atoms with van der Waals surface area (Å²) in [6.45, 7) is 2.19. The number of anilines is 2. The third kappa shape index (κ3) is 6.19. The van der Waals surface area contributed by atoms with E-state index in [1.807, 2.05) is 11.8 Å². The molecule has 3 N–H and O–H groups in total. The molecule has 0 aliphatic heterocycles. The third-order valence-corrected chi connectivity index (χ3v) is 3.97. The number of ether oxygens (including phenoxy) is 1. The number of nitrogen functional groups attached to an aromatic ring is 1. The molecule has 0 unspecified atom stereocenters. The summed E-state index contributed by atoms with van der Waals surface area (Å²) >= 11 is 1.83. The molecule has 0 bridgehead atoms. The Bertz CT molecular complexity index is 424. The molecule has 0 saturated heterocycles. The van der Waals surface area contributed by atoms with Crippen LogP contribution in [0.15, 0.2) is 18.2 Å². The molecule has 0 atom stereocenters. The topological polar surface area (TPSA) is 64.3 Å².